The van der Waals surface area contributed by atoms with Crippen molar-refractivity contribution in [3.63, 3.8) is 0 Å². The smallest absolute Gasteiger partial charge is 0.266 e. The third kappa shape index (κ3) is 3.57. The SMILES string of the molecule is Cc1ccc(C=NC(=O)c2sc(-c3cccnc3)nc2C)cc1. The lowest BCUT2D eigenvalue weighted by Crippen LogP contribution is -1.95. The van der Waals surface area contributed by atoms with Gasteiger partial charge in [0.1, 0.15) is 9.88 Å². The molecule has 2 aromatic heterocycles. The van der Waals surface area contributed by atoms with Crippen LogP contribution in [0.15, 0.2) is 53.8 Å². The lowest BCUT2D eigenvalue weighted by molar-refractivity contribution is 0.101. The molecule has 114 valence electrons. The Morgan fingerprint density at radius 1 is 1.17 bits per heavy atom. The summed E-state index contributed by atoms with van der Waals surface area (Å²) in [5.41, 5.74) is 3.67. The van der Waals surface area contributed by atoms with E-state index < -0.39 is 0 Å². The maximum absolute atomic E-state index is 12.3. The second kappa shape index (κ2) is 6.62. The van der Waals surface area contributed by atoms with Gasteiger partial charge in [-0.25, -0.2) is 9.98 Å². The van der Waals surface area contributed by atoms with Crippen molar-refractivity contribution < 1.29 is 4.79 Å². The van der Waals surface area contributed by atoms with Gasteiger partial charge in [-0.1, -0.05) is 29.8 Å². The third-order valence-corrected chi connectivity index (χ3v) is 4.50. The van der Waals surface area contributed by atoms with E-state index in [1.807, 2.05) is 50.2 Å². The first-order valence-corrected chi connectivity index (χ1v) is 7.98. The van der Waals surface area contributed by atoms with Crippen LogP contribution in [0.1, 0.15) is 26.5 Å². The fourth-order valence-corrected chi connectivity index (χ4v) is 3.00. The molecule has 2 heterocycles. The molecule has 5 heteroatoms. The van der Waals surface area contributed by atoms with Gasteiger partial charge in [0.15, 0.2) is 0 Å². The maximum atomic E-state index is 12.3. The number of pyridine rings is 1. The molecule has 0 aliphatic carbocycles. The second-order valence-corrected chi connectivity index (χ2v) is 6.15. The Kier molecular flexibility index (Phi) is 4.39. The Hall–Kier alpha value is -2.66. The number of carbonyl (C=O) groups excluding carboxylic acids is 1. The van der Waals surface area contributed by atoms with Crippen LogP contribution in [-0.4, -0.2) is 22.1 Å². The van der Waals surface area contributed by atoms with Gasteiger partial charge < -0.3 is 0 Å². The zero-order valence-electron chi connectivity index (χ0n) is 12.9. The quantitative estimate of drug-likeness (QED) is 0.683. The van der Waals surface area contributed by atoms with Gasteiger partial charge in [0.2, 0.25) is 0 Å². The minimum atomic E-state index is -0.268. The topological polar surface area (TPSA) is 55.2 Å². The second-order valence-electron chi connectivity index (χ2n) is 5.15. The zero-order chi connectivity index (χ0) is 16.2. The molecule has 1 amide bonds. The Balaban J connectivity index is 1.83. The first kappa shape index (κ1) is 15.2. The maximum Gasteiger partial charge on any atom is 0.288 e. The van der Waals surface area contributed by atoms with Crippen LogP contribution < -0.4 is 0 Å². The predicted octanol–water partition coefficient (Wildman–Crippen LogP) is 4.08. The lowest BCUT2D eigenvalue weighted by Gasteiger charge is -1.94. The van der Waals surface area contributed by atoms with Crippen LogP contribution in [-0.2, 0) is 0 Å². The van der Waals surface area contributed by atoms with E-state index in [0.29, 0.717) is 10.6 Å². The van der Waals surface area contributed by atoms with E-state index in [9.17, 15) is 4.79 Å². The van der Waals surface area contributed by atoms with Crippen molar-refractivity contribution in [2.45, 2.75) is 13.8 Å². The third-order valence-electron chi connectivity index (χ3n) is 3.31. The summed E-state index contributed by atoms with van der Waals surface area (Å²) in [6, 6.07) is 11.6. The van der Waals surface area contributed by atoms with E-state index in [1.54, 1.807) is 18.6 Å². The van der Waals surface area contributed by atoms with Gasteiger partial charge in [0.05, 0.1) is 5.69 Å². The van der Waals surface area contributed by atoms with Gasteiger partial charge in [-0.15, -0.1) is 11.3 Å². The Labute approximate surface area is 138 Å². The van der Waals surface area contributed by atoms with Crippen LogP contribution in [0, 0.1) is 13.8 Å². The van der Waals surface area contributed by atoms with E-state index in [4.69, 9.17) is 0 Å². The van der Waals surface area contributed by atoms with Crippen molar-refractivity contribution in [3.8, 4) is 10.6 Å². The molecule has 0 bridgehead atoms. The molecular formula is C18H15N3OS. The van der Waals surface area contributed by atoms with Gasteiger partial charge in [-0.3, -0.25) is 9.78 Å². The van der Waals surface area contributed by atoms with Gasteiger partial charge in [-0.2, -0.15) is 0 Å². The molecule has 23 heavy (non-hydrogen) atoms. The molecule has 3 aromatic rings. The van der Waals surface area contributed by atoms with Gasteiger partial charge in [0.25, 0.3) is 5.91 Å². The highest BCUT2D eigenvalue weighted by Crippen LogP contribution is 2.27. The van der Waals surface area contributed by atoms with E-state index in [-0.39, 0.29) is 5.91 Å². The van der Waals surface area contributed by atoms with Crippen molar-refractivity contribution in [2.75, 3.05) is 0 Å². The first-order valence-electron chi connectivity index (χ1n) is 7.16. The van der Waals surface area contributed by atoms with Crippen LogP contribution in [0.2, 0.25) is 0 Å². The van der Waals surface area contributed by atoms with Crippen LogP contribution >= 0.6 is 11.3 Å². The Bertz CT molecular complexity index is 852. The molecular weight excluding hydrogens is 306 g/mol. The summed E-state index contributed by atoms with van der Waals surface area (Å²) < 4.78 is 0. The number of amides is 1. The molecule has 0 spiro atoms. The van der Waals surface area contributed by atoms with Crippen molar-refractivity contribution >= 4 is 23.5 Å². The van der Waals surface area contributed by atoms with Gasteiger partial charge in [-0.05, 0) is 31.5 Å². The van der Waals surface area contributed by atoms with Crippen molar-refractivity contribution in [2.24, 2.45) is 4.99 Å². The summed E-state index contributed by atoms with van der Waals surface area (Å²) in [7, 11) is 0. The van der Waals surface area contributed by atoms with Gasteiger partial charge >= 0.3 is 0 Å². The highest BCUT2D eigenvalue weighted by molar-refractivity contribution is 7.17. The summed E-state index contributed by atoms with van der Waals surface area (Å²) in [5.74, 6) is -0.268. The number of hydrogen-bond donors (Lipinski definition) is 0. The van der Waals surface area contributed by atoms with Gasteiger partial charge in [0, 0.05) is 24.2 Å². The minimum absolute atomic E-state index is 0.268. The van der Waals surface area contributed by atoms with E-state index in [1.165, 1.54) is 16.9 Å². The number of carbonyl (C=O) groups is 1. The lowest BCUT2D eigenvalue weighted by atomic mass is 10.2. The number of aliphatic imine (C=N–C) groups is 1. The van der Waals surface area contributed by atoms with Crippen molar-refractivity contribution in [3.05, 3.63) is 70.5 Å². The average Bonchev–Trinajstić information content (AvgIpc) is 2.97. The Morgan fingerprint density at radius 3 is 2.65 bits per heavy atom. The van der Waals surface area contributed by atoms with E-state index in [0.717, 1.165) is 16.1 Å². The summed E-state index contributed by atoms with van der Waals surface area (Å²) in [4.78, 5) is 25.5. The molecule has 0 radical (unpaired) electrons. The van der Waals surface area contributed by atoms with E-state index in [2.05, 4.69) is 15.0 Å². The molecule has 0 atom stereocenters. The molecule has 0 aliphatic heterocycles. The molecule has 3 rings (SSSR count). The van der Waals surface area contributed by atoms with E-state index >= 15 is 0 Å². The zero-order valence-corrected chi connectivity index (χ0v) is 13.7. The fourth-order valence-electron chi connectivity index (χ4n) is 2.05. The summed E-state index contributed by atoms with van der Waals surface area (Å²) >= 11 is 1.34. The number of aryl methyl sites for hydroxylation is 2. The largest absolute Gasteiger partial charge is 0.288 e. The number of nitrogens with zero attached hydrogens (tertiary/aromatic N) is 3. The average molecular weight is 321 g/mol. The van der Waals surface area contributed by atoms with Crippen LogP contribution in [0.5, 0.6) is 0 Å². The number of aromatic nitrogens is 2. The van der Waals surface area contributed by atoms with Crippen LogP contribution in [0.25, 0.3) is 10.6 Å². The molecule has 0 N–H and O–H groups in total. The number of benzene rings is 1. The Morgan fingerprint density at radius 2 is 1.96 bits per heavy atom. The minimum Gasteiger partial charge on any atom is -0.266 e. The first-order chi connectivity index (χ1) is 11.1. The highest BCUT2D eigenvalue weighted by Gasteiger charge is 2.15. The molecule has 0 saturated heterocycles. The number of rotatable bonds is 3. The number of hydrogen-bond acceptors (Lipinski definition) is 4. The molecule has 4 nitrogen and oxygen atoms in total. The summed E-state index contributed by atoms with van der Waals surface area (Å²) in [6.07, 6.45) is 5.04. The number of thiazole rings is 1. The molecule has 1 aromatic carbocycles. The normalized spacial score (nSPS) is 11.0. The predicted molar refractivity (Wildman–Crippen MR) is 93.2 cm³/mol. The highest BCUT2D eigenvalue weighted by atomic mass is 32.1. The molecule has 0 saturated carbocycles. The molecule has 0 fully saturated rings. The van der Waals surface area contributed by atoms with Crippen molar-refractivity contribution in [1.29, 1.82) is 0 Å². The summed E-state index contributed by atoms with van der Waals surface area (Å²) in [5, 5.41) is 0.782. The van der Waals surface area contributed by atoms with Crippen LogP contribution in [0.3, 0.4) is 0 Å². The molecule has 0 unspecified atom stereocenters. The molecule has 0 aliphatic rings. The van der Waals surface area contributed by atoms with Crippen LogP contribution in [0.4, 0.5) is 0 Å². The standard InChI is InChI=1S/C18H15N3OS/c1-12-5-7-14(8-6-12)10-20-17(22)16-13(2)21-18(23-16)15-4-3-9-19-11-15/h3-11H,1-2H3. The summed E-state index contributed by atoms with van der Waals surface area (Å²) in [6.45, 7) is 3.84. The monoisotopic (exact) mass is 321 g/mol. The fraction of sp³-hybridized carbons (Fsp3) is 0.111. The van der Waals surface area contributed by atoms with Crippen molar-refractivity contribution in [1.82, 2.24) is 9.97 Å².